The fourth-order valence-electron chi connectivity index (χ4n) is 1.33. The highest BCUT2D eigenvalue weighted by atomic mass is 32.2. The number of sulfonamides is 1. The SMILES string of the molecule is NS(=O)(=O)c1nnc(NC(=O)Cc2ccc(F)cc2)s1. The molecule has 2 rings (SSSR count). The number of halogens is 1. The van der Waals surface area contributed by atoms with Crippen molar-refractivity contribution in [1.82, 2.24) is 10.2 Å². The highest BCUT2D eigenvalue weighted by Gasteiger charge is 2.16. The second-order valence-electron chi connectivity index (χ2n) is 3.77. The highest BCUT2D eigenvalue weighted by Crippen LogP contribution is 2.18. The normalized spacial score (nSPS) is 11.3. The minimum absolute atomic E-state index is 0.00453. The summed E-state index contributed by atoms with van der Waals surface area (Å²) in [6.45, 7) is 0. The van der Waals surface area contributed by atoms with Crippen molar-refractivity contribution in [2.45, 2.75) is 10.8 Å². The number of nitrogens with two attached hydrogens (primary N) is 1. The molecule has 3 N–H and O–H groups in total. The maximum absolute atomic E-state index is 12.7. The second-order valence-corrected chi connectivity index (χ2v) is 6.48. The summed E-state index contributed by atoms with van der Waals surface area (Å²) in [5.74, 6) is -0.815. The van der Waals surface area contributed by atoms with Crippen LogP contribution in [0.2, 0.25) is 0 Å². The van der Waals surface area contributed by atoms with Gasteiger partial charge in [0.15, 0.2) is 0 Å². The molecular formula is C10H9FN4O3S2. The van der Waals surface area contributed by atoms with Gasteiger partial charge in [-0.3, -0.25) is 4.79 Å². The minimum Gasteiger partial charge on any atom is -0.300 e. The number of anilines is 1. The molecule has 1 aromatic carbocycles. The van der Waals surface area contributed by atoms with Crippen molar-refractivity contribution in [2.24, 2.45) is 5.14 Å². The molecule has 0 radical (unpaired) electrons. The van der Waals surface area contributed by atoms with Crippen LogP contribution in [-0.4, -0.2) is 24.5 Å². The van der Waals surface area contributed by atoms with Crippen molar-refractivity contribution >= 4 is 32.4 Å². The van der Waals surface area contributed by atoms with Gasteiger partial charge in [-0.1, -0.05) is 23.5 Å². The number of carbonyl (C=O) groups is 1. The topological polar surface area (TPSA) is 115 Å². The van der Waals surface area contributed by atoms with E-state index in [-0.39, 0.29) is 15.9 Å². The predicted molar refractivity (Wildman–Crippen MR) is 70.0 cm³/mol. The lowest BCUT2D eigenvalue weighted by Gasteiger charge is -2.01. The summed E-state index contributed by atoms with van der Waals surface area (Å²) in [6.07, 6.45) is 0.00453. The minimum atomic E-state index is -3.93. The van der Waals surface area contributed by atoms with Gasteiger partial charge < -0.3 is 5.32 Å². The Kier molecular flexibility index (Phi) is 4.06. The summed E-state index contributed by atoms with van der Waals surface area (Å²) in [5.41, 5.74) is 0.611. The number of carbonyl (C=O) groups excluding carboxylic acids is 1. The van der Waals surface area contributed by atoms with Gasteiger partial charge >= 0.3 is 0 Å². The van der Waals surface area contributed by atoms with Crippen molar-refractivity contribution in [3.05, 3.63) is 35.6 Å². The first-order valence-corrected chi connectivity index (χ1v) is 7.61. The van der Waals surface area contributed by atoms with Crippen molar-refractivity contribution in [1.29, 1.82) is 0 Å². The van der Waals surface area contributed by atoms with Crippen molar-refractivity contribution in [3.8, 4) is 0 Å². The summed E-state index contributed by atoms with van der Waals surface area (Å²) in [6, 6.07) is 5.44. The number of benzene rings is 1. The van der Waals surface area contributed by atoms with Gasteiger partial charge in [-0.15, -0.1) is 10.2 Å². The van der Waals surface area contributed by atoms with E-state index in [4.69, 9.17) is 5.14 Å². The zero-order valence-electron chi connectivity index (χ0n) is 9.91. The van der Waals surface area contributed by atoms with E-state index < -0.39 is 21.7 Å². The van der Waals surface area contributed by atoms with Gasteiger partial charge in [0, 0.05) is 0 Å². The molecular weight excluding hydrogens is 307 g/mol. The molecule has 0 spiro atoms. The quantitative estimate of drug-likeness (QED) is 0.797. The first-order valence-electron chi connectivity index (χ1n) is 5.25. The lowest BCUT2D eigenvalue weighted by atomic mass is 10.1. The number of nitrogens with one attached hydrogen (secondary N) is 1. The van der Waals surface area contributed by atoms with Crippen molar-refractivity contribution in [3.63, 3.8) is 0 Å². The van der Waals surface area contributed by atoms with Crippen LogP contribution in [0.5, 0.6) is 0 Å². The zero-order chi connectivity index (χ0) is 14.8. The fraction of sp³-hybridized carbons (Fsp3) is 0.100. The Morgan fingerprint density at radius 3 is 2.50 bits per heavy atom. The molecule has 0 atom stereocenters. The molecule has 0 unspecified atom stereocenters. The summed E-state index contributed by atoms with van der Waals surface area (Å²) in [4.78, 5) is 11.7. The third-order valence-electron chi connectivity index (χ3n) is 2.17. The Balaban J connectivity index is 2.01. The van der Waals surface area contributed by atoms with Crippen LogP contribution in [0.15, 0.2) is 28.6 Å². The van der Waals surface area contributed by atoms with Crippen LogP contribution >= 0.6 is 11.3 Å². The lowest BCUT2D eigenvalue weighted by Crippen LogP contribution is -2.14. The molecule has 0 aliphatic heterocycles. The molecule has 0 fully saturated rings. The van der Waals surface area contributed by atoms with Crippen LogP contribution < -0.4 is 10.5 Å². The summed E-state index contributed by atoms with van der Waals surface area (Å²) in [5, 5.41) is 14.1. The van der Waals surface area contributed by atoms with Crippen LogP contribution in [0.3, 0.4) is 0 Å². The van der Waals surface area contributed by atoms with E-state index in [0.29, 0.717) is 16.9 Å². The average molecular weight is 316 g/mol. The first kappa shape index (κ1) is 14.5. The van der Waals surface area contributed by atoms with Gasteiger partial charge in [0.1, 0.15) is 5.82 Å². The summed E-state index contributed by atoms with van der Waals surface area (Å²) in [7, 11) is -3.93. The van der Waals surface area contributed by atoms with Crippen LogP contribution in [-0.2, 0) is 21.2 Å². The fourth-order valence-corrected chi connectivity index (χ4v) is 2.68. The second kappa shape index (κ2) is 5.61. The van der Waals surface area contributed by atoms with E-state index in [2.05, 4.69) is 15.5 Å². The zero-order valence-corrected chi connectivity index (χ0v) is 11.5. The number of nitrogens with zero attached hydrogens (tertiary/aromatic N) is 2. The molecule has 0 aliphatic carbocycles. The number of primary sulfonamides is 1. The number of amides is 1. The molecule has 0 aliphatic rings. The molecule has 106 valence electrons. The number of aromatic nitrogens is 2. The van der Waals surface area contributed by atoms with Gasteiger partial charge in [0.05, 0.1) is 6.42 Å². The molecule has 0 saturated carbocycles. The Morgan fingerprint density at radius 2 is 1.95 bits per heavy atom. The van der Waals surface area contributed by atoms with E-state index in [1.807, 2.05) is 0 Å². The van der Waals surface area contributed by atoms with E-state index >= 15 is 0 Å². The maximum Gasteiger partial charge on any atom is 0.267 e. The third kappa shape index (κ3) is 3.79. The molecule has 0 saturated heterocycles. The van der Waals surface area contributed by atoms with E-state index in [1.165, 1.54) is 24.3 Å². The molecule has 1 amide bonds. The van der Waals surface area contributed by atoms with Gasteiger partial charge in [0.25, 0.3) is 10.0 Å². The maximum atomic E-state index is 12.7. The molecule has 2 aromatic rings. The van der Waals surface area contributed by atoms with Gasteiger partial charge in [-0.25, -0.2) is 17.9 Å². The Bertz CT molecular complexity index is 727. The number of hydrogen-bond acceptors (Lipinski definition) is 6. The Hall–Kier alpha value is -1.91. The lowest BCUT2D eigenvalue weighted by molar-refractivity contribution is -0.115. The standard InChI is InChI=1S/C10H9FN4O3S2/c11-7-3-1-6(2-4-7)5-8(16)13-9-14-15-10(19-9)20(12,17)18/h1-4H,5H2,(H2,12,17,18)(H,13,14,16). The van der Waals surface area contributed by atoms with Crippen LogP contribution in [0.1, 0.15) is 5.56 Å². The van der Waals surface area contributed by atoms with Gasteiger partial charge in [-0.2, -0.15) is 0 Å². The predicted octanol–water partition coefficient (Wildman–Crippen LogP) is 0.506. The summed E-state index contributed by atoms with van der Waals surface area (Å²) < 4.78 is 34.3. The van der Waals surface area contributed by atoms with E-state index in [1.54, 1.807) is 0 Å². The average Bonchev–Trinajstić information content (AvgIpc) is 2.80. The molecule has 0 bridgehead atoms. The number of rotatable bonds is 4. The highest BCUT2D eigenvalue weighted by molar-refractivity contribution is 7.91. The largest absolute Gasteiger partial charge is 0.300 e. The Morgan fingerprint density at radius 1 is 1.30 bits per heavy atom. The van der Waals surface area contributed by atoms with Gasteiger partial charge in [0.2, 0.25) is 15.4 Å². The van der Waals surface area contributed by atoms with E-state index in [0.717, 1.165) is 0 Å². The molecule has 1 heterocycles. The Labute approximate surface area is 117 Å². The van der Waals surface area contributed by atoms with Crippen molar-refractivity contribution in [2.75, 3.05) is 5.32 Å². The molecule has 10 heteroatoms. The first-order chi connectivity index (χ1) is 9.34. The van der Waals surface area contributed by atoms with Crippen LogP contribution in [0.25, 0.3) is 0 Å². The van der Waals surface area contributed by atoms with Crippen LogP contribution in [0.4, 0.5) is 9.52 Å². The number of hydrogen-bond donors (Lipinski definition) is 2. The monoisotopic (exact) mass is 316 g/mol. The summed E-state index contributed by atoms with van der Waals surface area (Å²) >= 11 is 0.654. The van der Waals surface area contributed by atoms with Crippen molar-refractivity contribution < 1.29 is 17.6 Å². The molecule has 20 heavy (non-hydrogen) atoms. The van der Waals surface area contributed by atoms with Crippen LogP contribution in [0, 0.1) is 5.82 Å². The van der Waals surface area contributed by atoms with E-state index in [9.17, 15) is 17.6 Å². The molecule has 7 nitrogen and oxygen atoms in total. The third-order valence-corrected chi connectivity index (χ3v) is 4.32. The smallest absolute Gasteiger partial charge is 0.267 e. The molecule has 1 aromatic heterocycles. The van der Waals surface area contributed by atoms with Gasteiger partial charge in [-0.05, 0) is 17.7 Å².